The minimum Gasteiger partial charge on any atom is -0.490 e. The van der Waals surface area contributed by atoms with Gasteiger partial charge in [-0.1, -0.05) is 24.3 Å². The fourth-order valence-electron chi connectivity index (χ4n) is 2.34. The van der Waals surface area contributed by atoms with E-state index in [1.807, 2.05) is 31.2 Å². The minimum atomic E-state index is 0.550. The molecule has 4 nitrogen and oxygen atoms in total. The molecule has 4 heteroatoms. The van der Waals surface area contributed by atoms with Crippen LogP contribution in [0.25, 0.3) is 0 Å². The maximum Gasteiger partial charge on any atom is 0.171 e. The zero-order chi connectivity index (χ0) is 15.1. The Labute approximate surface area is 126 Å². The number of anilines is 1. The van der Waals surface area contributed by atoms with Crippen molar-refractivity contribution in [1.29, 1.82) is 0 Å². The van der Waals surface area contributed by atoms with Crippen LogP contribution in [0.15, 0.2) is 42.6 Å². The Morgan fingerprint density at radius 3 is 2.52 bits per heavy atom. The summed E-state index contributed by atoms with van der Waals surface area (Å²) in [7, 11) is 0. The van der Waals surface area contributed by atoms with Crippen LogP contribution in [0.2, 0.25) is 0 Å². The highest BCUT2D eigenvalue weighted by Crippen LogP contribution is 2.27. The van der Waals surface area contributed by atoms with Crippen molar-refractivity contribution in [3.05, 3.63) is 53.7 Å². The molecule has 1 heterocycles. The first-order valence-corrected chi connectivity index (χ1v) is 7.39. The van der Waals surface area contributed by atoms with Crippen LogP contribution >= 0.6 is 0 Å². The van der Waals surface area contributed by atoms with Crippen LogP contribution in [-0.2, 0) is 13.1 Å². The molecule has 112 valence electrons. The van der Waals surface area contributed by atoms with Gasteiger partial charge < -0.3 is 15.4 Å². The van der Waals surface area contributed by atoms with Gasteiger partial charge in [-0.3, -0.25) is 0 Å². The predicted octanol–water partition coefficient (Wildman–Crippen LogP) is 2.97. The average Bonchev–Trinajstić information content (AvgIpc) is 2.54. The SMILES string of the molecule is CCOc1cccnc1N(CC)Cc1ccccc1CN. The molecule has 2 N–H and O–H groups in total. The summed E-state index contributed by atoms with van der Waals surface area (Å²) in [6, 6.07) is 12.1. The van der Waals surface area contributed by atoms with Gasteiger partial charge in [0, 0.05) is 25.8 Å². The molecule has 0 fully saturated rings. The first-order chi connectivity index (χ1) is 10.3. The maximum atomic E-state index is 5.83. The Hall–Kier alpha value is -2.07. The summed E-state index contributed by atoms with van der Waals surface area (Å²) in [5.41, 5.74) is 8.23. The second-order valence-corrected chi connectivity index (χ2v) is 4.75. The summed E-state index contributed by atoms with van der Waals surface area (Å²) in [6.45, 7) is 6.92. The Bertz CT molecular complexity index is 571. The molecule has 0 atom stereocenters. The van der Waals surface area contributed by atoms with Gasteiger partial charge in [0.2, 0.25) is 0 Å². The van der Waals surface area contributed by atoms with Gasteiger partial charge in [-0.2, -0.15) is 0 Å². The van der Waals surface area contributed by atoms with E-state index in [9.17, 15) is 0 Å². The number of aromatic nitrogens is 1. The summed E-state index contributed by atoms with van der Waals surface area (Å²) < 4.78 is 5.69. The van der Waals surface area contributed by atoms with E-state index in [0.29, 0.717) is 13.2 Å². The van der Waals surface area contributed by atoms with Gasteiger partial charge in [0.1, 0.15) is 0 Å². The third-order valence-electron chi connectivity index (χ3n) is 3.43. The smallest absolute Gasteiger partial charge is 0.171 e. The summed E-state index contributed by atoms with van der Waals surface area (Å²) in [6.07, 6.45) is 1.80. The number of nitrogens with zero attached hydrogens (tertiary/aromatic N) is 2. The fraction of sp³-hybridized carbons (Fsp3) is 0.353. The number of nitrogens with two attached hydrogens (primary N) is 1. The Morgan fingerprint density at radius 1 is 1.10 bits per heavy atom. The Balaban J connectivity index is 2.28. The van der Waals surface area contributed by atoms with E-state index in [0.717, 1.165) is 24.7 Å². The molecule has 1 aromatic carbocycles. The third-order valence-corrected chi connectivity index (χ3v) is 3.43. The molecule has 0 saturated carbocycles. The van der Waals surface area contributed by atoms with Gasteiger partial charge in [-0.15, -0.1) is 0 Å². The Morgan fingerprint density at radius 2 is 1.86 bits per heavy atom. The number of rotatable bonds is 7. The molecule has 0 aliphatic carbocycles. The minimum absolute atomic E-state index is 0.550. The van der Waals surface area contributed by atoms with Crippen molar-refractivity contribution in [2.45, 2.75) is 26.9 Å². The molecular formula is C17H23N3O. The molecule has 1 aromatic heterocycles. The molecule has 2 rings (SSSR count). The van der Waals surface area contributed by atoms with Gasteiger partial charge in [0.15, 0.2) is 11.6 Å². The summed E-state index contributed by atoms with van der Waals surface area (Å²) >= 11 is 0. The monoisotopic (exact) mass is 285 g/mol. The van der Waals surface area contributed by atoms with Crippen LogP contribution in [0.5, 0.6) is 5.75 Å². The lowest BCUT2D eigenvalue weighted by atomic mass is 10.1. The van der Waals surface area contributed by atoms with E-state index in [2.05, 4.69) is 28.9 Å². The second kappa shape index (κ2) is 7.64. The molecule has 0 amide bonds. The highest BCUT2D eigenvalue weighted by atomic mass is 16.5. The number of hydrogen-bond donors (Lipinski definition) is 1. The lowest BCUT2D eigenvalue weighted by molar-refractivity contribution is 0.339. The third kappa shape index (κ3) is 3.73. The van der Waals surface area contributed by atoms with Crippen LogP contribution in [0, 0.1) is 0 Å². The molecule has 0 aliphatic heterocycles. The zero-order valence-electron chi connectivity index (χ0n) is 12.7. The highest BCUT2D eigenvalue weighted by molar-refractivity contribution is 5.52. The van der Waals surface area contributed by atoms with E-state index in [1.54, 1.807) is 6.20 Å². The van der Waals surface area contributed by atoms with Crippen LogP contribution in [-0.4, -0.2) is 18.1 Å². The first-order valence-electron chi connectivity index (χ1n) is 7.39. The molecule has 0 saturated heterocycles. The van der Waals surface area contributed by atoms with Crippen molar-refractivity contribution >= 4 is 5.82 Å². The maximum absolute atomic E-state index is 5.83. The molecule has 0 radical (unpaired) electrons. The standard InChI is InChI=1S/C17H23N3O/c1-3-20(13-15-9-6-5-8-14(15)12-18)17-16(21-4-2)10-7-11-19-17/h5-11H,3-4,12-13,18H2,1-2H3. The van der Waals surface area contributed by atoms with Gasteiger partial charge in [-0.05, 0) is 37.1 Å². The van der Waals surface area contributed by atoms with Crippen molar-refractivity contribution in [3.63, 3.8) is 0 Å². The fourth-order valence-corrected chi connectivity index (χ4v) is 2.34. The van der Waals surface area contributed by atoms with Gasteiger partial charge in [-0.25, -0.2) is 4.98 Å². The number of ether oxygens (including phenoxy) is 1. The van der Waals surface area contributed by atoms with Crippen molar-refractivity contribution in [1.82, 2.24) is 4.98 Å². The first kappa shape index (κ1) is 15.3. The van der Waals surface area contributed by atoms with E-state index in [-0.39, 0.29) is 0 Å². The number of benzene rings is 1. The molecule has 0 bridgehead atoms. The van der Waals surface area contributed by atoms with E-state index in [1.165, 1.54) is 11.1 Å². The zero-order valence-corrected chi connectivity index (χ0v) is 12.7. The molecule has 21 heavy (non-hydrogen) atoms. The summed E-state index contributed by atoms with van der Waals surface area (Å²) in [5.74, 6) is 1.71. The topological polar surface area (TPSA) is 51.4 Å². The van der Waals surface area contributed by atoms with Crippen LogP contribution < -0.4 is 15.4 Å². The Kier molecular flexibility index (Phi) is 5.58. The van der Waals surface area contributed by atoms with Crippen LogP contribution in [0.4, 0.5) is 5.82 Å². The predicted molar refractivity (Wildman–Crippen MR) is 86.5 cm³/mol. The molecular weight excluding hydrogens is 262 g/mol. The van der Waals surface area contributed by atoms with Gasteiger partial charge in [0.05, 0.1) is 6.61 Å². The van der Waals surface area contributed by atoms with E-state index in [4.69, 9.17) is 10.5 Å². The van der Waals surface area contributed by atoms with Crippen molar-refractivity contribution < 1.29 is 4.74 Å². The molecule has 0 unspecified atom stereocenters. The van der Waals surface area contributed by atoms with E-state index < -0.39 is 0 Å². The van der Waals surface area contributed by atoms with Crippen molar-refractivity contribution in [2.75, 3.05) is 18.1 Å². The average molecular weight is 285 g/mol. The van der Waals surface area contributed by atoms with Crippen molar-refractivity contribution in [2.24, 2.45) is 5.73 Å². The molecule has 0 aliphatic rings. The van der Waals surface area contributed by atoms with Gasteiger partial charge >= 0.3 is 0 Å². The van der Waals surface area contributed by atoms with E-state index >= 15 is 0 Å². The summed E-state index contributed by atoms with van der Waals surface area (Å²) in [4.78, 5) is 6.70. The highest BCUT2D eigenvalue weighted by Gasteiger charge is 2.13. The summed E-state index contributed by atoms with van der Waals surface area (Å²) in [5, 5.41) is 0. The molecule has 2 aromatic rings. The molecule has 0 spiro atoms. The lowest BCUT2D eigenvalue weighted by Crippen LogP contribution is -2.24. The second-order valence-electron chi connectivity index (χ2n) is 4.75. The number of pyridine rings is 1. The lowest BCUT2D eigenvalue weighted by Gasteiger charge is -2.25. The van der Waals surface area contributed by atoms with Crippen LogP contribution in [0.1, 0.15) is 25.0 Å². The van der Waals surface area contributed by atoms with Crippen LogP contribution in [0.3, 0.4) is 0 Å². The largest absolute Gasteiger partial charge is 0.490 e. The number of hydrogen-bond acceptors (Lipinski definition) is 4. The van der Waals surface area contributed by atoms with Gasteiger partial charge in [0.25, 0.3) is 0 Å². The van der Waals surface area contributed by atoms with Crippen molar-refractivity contribution in [3.8, 4) is 5.75 Å². The normalized spacial score (nSPS) is 10.4. The quantitative estimate of drug-likeness (QED) is 0.849.